The molecule has 2 radical (unpaired) electrons. The van der Waals surface area contributed by atoms with Crippen LogP contribution in [-0.2, 0) is 0 Å². The van der Waals surface area contributed by atoms with Crippen molar-refractivity contribution in [3.8, 4) is 0 Å². The molecule has 0 saturated carbocycles. The van der Waals surface area contributed by atoms with Gasteiger partial charge in [-0.3, -0.25) is 0 Å². The van der Waals surface area contributed by atoms with Crippen LogP contribution < -0.4 is 0 Å². The van der Waals surface area contributed by atoms with Gasteiger partial charge in [-0.1, -0.05) is 66.6 Å². The smallest absolute Gasteiger partial charge is 0.0828 e. The van der Waals surface area contributed by atoms with E-state index in [0.717, 1.165) is 0 Å². The molecular formula is C13H27Al. The van der Waals surface area contributed by atoms with Crippen LogP contribution >= 0.6 is 0 Å². The van der Waals surface area contributed by atoms with Crippen LogP contribution in [0.3, 0.4) is 0 Å². The van der Waals surface area contributed by atoms with Crippen molar-refractivity contribution in [3.63, 3.8) is 0 Å². The first-order valence-corrected chi connectivity index (χ1v) is 6.12. The quantitative estimate of drug-likeness (QED) is 0.518. The van der Waals surface area contributed by atoms with Crippen LogP contribution in [0.5, 0.6) is 0 Å². The Morgan fingerprint density at radius 3 is 0.643 bits per heavy atom. The molecule has 1 heteroatoms. The maximum Gasteiger partial charge on any atom is 0.132 e. The first-order valence-electron chi connectivity index (χ1n) is 5.54. The van der Waals surface area contributed by atoms with E-state index in [2.05, 4.69) is 78.6 Å². The predicted octanol–water partition coefficient (Wildman–Crippen LogP) is 4.45. The summed E-state index contributed by atoms with van der Waals surface area (Å²) in [5.41, 5.74) is 0.858. The van der Waals surface area contributed by atoms with Crippen molar-refractivity contribution in [1.29, 1.82) is 0 Å². The SMILES string of the molecule is CC(C)(C)[C]([Al])(C(C)(C)C)C(C)(C)C. The highest BCUT2D eigenvalue weighted by Crippen LogP contribution is 2.64. The molecule has 0 spiro atoms. The minimum atomic E-state index is 0.229. The molecule has 0 aromatic rings. The van der Waals surface area contributed by atoms with Crippen molar-refractivity contribution in [2.45, 2.75) is 66.6 Å². The summed E-state index contributed by atoms with van der Waals surface area (Å²) in [7, 11) is 0. The fraction of sp³-hybridized carbons (Fsp3) is 1.00. The normalized spacial score (nSPS) is 15.8. The van der Waals surface area contributed by atoms with Gasteiger partial charge in [0.25, 0.3) is 0 Å². The highest BCUT2D eigenvalue weighted by Gasteiger charge is 2.51. The summed E-state index contributed by atoms with van der Waals surface area (Å²) in [6.07, 6.45) is 0. The van der Waals surface area contributed by atoms with E-state index in [9.17, 15) is 0 Å². The number of rotatable bonds is 0. The van der Waals surface area contributed by atoms with E-state index < -0.39 is 0 Å². The van der Waals surface area contributed by atoms with Crippen LogP contribution in [0, 0.1) is 16.2 Å². The van der Waals surface area contributed by atoms with Crippen molar-refractivity contribution < 1.29 is 0 Å². The molecule has 0 aromatic heterocycles. The Balaban J connectivity index is 5.54. The lowest BCUT2D eigenvalue weighted by molar-refractivity contribution is 0.0240. The largest absolute Gasteiger partial charge is 0.132 e. The third-order valence-electron chi connectivity index (χ3n) is 3.55. The van der Waals surface area contributed by atoms with E-state index in [-0.39, 0.29) is 20.5 Å². The molecule has 0 fully saturated rings. The van der Waals surface area contributed by atoms with Crippen molar-refractivity contribution in [1.82, 2.24) is 0 Å². The van der Waals surface area contributed by atoms with Gasteiger partial charge >= 0.3 is 0 Å². The zero-order valence-corrected chi connectivity index (χ0v) is 12.7. The molecule has 0 aliphatic carbocycles. The second-order valence-electron chi connectivity index (χ2n) is 7.56. The summed E-state index contributed by atoms with van der Waals surface area (Å²) in [5, 5.41) is 0. The molecule has 0 N–H and O–H groups in total. The lowest BCUT2D eigenvalue weighted by Crippen LogP contribution is -2.49. The Morgan fingerprint density at radius 1 is 0.500 bits per heavy atom. The van der Waals surface area contributed by atoms with Crippen molar-refractivity contribution in [3.05, 3.63) is 0 Å². The standard InChI is InChI=1S/C13H27.Al/c1-11(2,3)10(12(4,5)6)13(7,8)9;/h1-9H3;. The van der Waals surface area contributed by atoms with Crippen molar-refractivity contribution >= 4 is 16.3 Å². The third-order valence-corrected chi connectivity index (χ3v) is 6.15. The van der Waals surface area contributed by atoms with Gasteiger partial charge < -0.3 is 0 Å². The average molecular weight is 210 g/mol. The molecule has 0 bridgehead atoms. The molecule has 0 aliphatic rings. The maximum atomic E-state index is 3.15. The van der Waals surface area contributed by atoms with E-state index >= 15 is 0 Å². The van der Waals surface area contributed by atoms with Crippen LogP contribution in [0.15, 0.2) is 0 Å². The monoisotopic (exact) mass is 210 g/mol. The first kappa shape index (κ1) is 14.5. The number of hydrogen-bond donors (Lipinski definition) is 0. The summed E-state index contributed by atoms with van der Waals surface area (Å²) in [4.78, 5) is 0. The molecule has 0 rings (SSSR count). The zero-order chi connectivity index (χ0) is 12.0. The molecule has 0 aromatic carbocycles. The Morgan fingerprint density at radius 2 is 0.643 bits per heavy atom. The molecule has 82 valence electrons. The highest BCUT2D eigenvalue weighted by atomic mass is 27.0. The van der Waals surface area contributed by atoms with Crippen molar-refractivity contribution in [2.24, 2.45) is 16.2 Å². The van der Waals surface area contributed by atoms with Gasteiger partial charge in [0, 0.05) is 0 Å². The van der Waals surface area contributed by atoms with E-state index in [1.165, 1.54) is 0 Å². The average Bonchev–Trinajstić information content (AvgIpc) is 1.77. The van der Waals surface area contributed by atoms with Crippen LogP contribution in [-0.4, -0.2) is 16.3 Å². The first-order chi connectivity index (χ1) is 5.75. The van der Waals surface area contributed by atoms with E-state index in [4.69, 9.17) is 0 Å². The third kappa shape index (κ3) is 2.20. The highest BCUT2D eigenvalue weighted by molar-refractivity contribution is 6.17. The Labute approximate surface area is 99.3 Å². The van der Waals surface area contributed by atoms with Gasteiger partial charge in [-0.25, -0.2) is 0 Å². The van der Waals surface area contributed by atoms with Crippen LogP contribution in [0.4, 0.5) is 0 Å². The van der Waals surface area contributed by atoms with Crippen LogP contribution in [0.1, 0.15) is 62.3 Å². The summed E-state index contributed by atoms with van der Waals surface area (Å²) < 4.78 is 0.229. The Hall–Kier alpha value is 0.532. The van der Waals surface area contributed by atoms with Gasteiger partial charge in [0.05, 0.1) is 0 Å². The van der Waals surface area contributed by atoms with Crippen LogP contribution in [0.2, 0.25) is 4.28 Å². The zero-order valence-electron chi connectivity index (χ0n) is 11.6. The minimum absolute atomic E-state index is 0.229. The van der Waals surface area contributed by atoms with Gasteiger partial charge in [-0.15, -0.1) is 0 Å². The summed E-state index contributed by atoms with van der Waals surface area (Å²) in [6.45, 7) is 21.1. The van der Waals surface area contributed by atoms with Gasteiger partial charge in [-0.2, -0.15) is 0 Å². The predicted molar refractivity (Wildman–Crippen MR) is 66.8 cm³/mol. The summed E-state index contributed by atoms with van der Waals surface area (Å²) in [5.74, 6) is 0. The van der Waals surface area contributed by atoms with E-state index in [0.29, 0.717) is 0 Å². The minimum Gasteiger partial charge on any atom is -0.0828 e. The summed E-state index contributed by atoms with van der Waals surface area (Å²) >= 11 is 3.15. The second kappa shape index (κ2) is 3.53. The van der Waals surface area contributed by atoms with Crippen molar-refractivity contribution in [2.75, 3.05) is 0 Å². The van der Waals surface area contributed by atoms with Gasteiger partial charge in [0.1, 0.15) is 16.3 Å². The molecule has 0 unspecified atom stereocenters. The molecule has 0 saturated heterocycles. The van der Waals surface area contributed by atoms with E-state index in [1.54, 1.807) is 0 Å². The molecule has 0 heterocycles. The molecule has 0 atom stereocenters. The molecule has 0 nitrogen and oxygen atoms in total. The summed E-state index contributed by atoms with van der Waals surface area (Å²) in [6, 6.07) is 0. The lowest BCUT2D eigenvalue weighted by atomic mass is 9.55. The molecular weight excluding hydrogens is 183 g/mol. The van der Waals surface area contributed by atoms with Gasteiger partial charge in [-0.05, 0) is 16.2 Å². The lowest BCUT2D eigenvalue weighted by Gasteiger charge is -2.61. The second-order valence-corrected chi connectivity index (χ2v) is 8.42. The Bertz CT molecular complexity index is 159. The molecule has 0 aliphatic heterocycles. The van der Waals surface area contributed by atoms with Crippen LogP contribution in [0.25, 0.3) is 0 Å². The molecule has 0 amide bonds. The fourth-order valence-corrected chi connectivity index (χ4v) is 3.38. The number of hydrogen-bond acceptors (Lipinski definition) is 0. The van der Waals surface area contributed by atoms with Gasteiger partial charge in [0.2, 0.25) is 0 Å². The molecule has 14 heavy (non-hydrogen) atoms. The Kier molecular flexibility index (Phi) is 3.67. The van der Waals surface area contributed by atoms with Gasteiger partial charge in [0.15, 0.2) is 0 Å². The topological polar surface area (TPSA) is 0 Å². The fourth-order valence-electron chi connectivity index (χ4n) is 3.38. The van der Waals surface area contributed by atoms with E-state index in [1.807, 2.05) is 0 Å². The maximum absolute atomic E-state index is 3.15.